The van der Waals surface area contributed by atoms with Gasteiger partial charge in [0.25, 0.3) is 10.0 Å². The van der Waals surface area contributed by atoms with Crippen LogP contribution in [-0.2, 0) is 10.0 Å². The Bertz CT molecular complexity index is 892. The molecule has 0 aliphatic heterocycles. The number of sulfonamides is 1. The van der Waals surface area contributed by atoms with Crippen LogP contribution in [0.4, 0.5) is 5.13 Å². The van der Waals surface area contributed by atoms with E-state index in [0.29, 0.717) is 14.6 Å². The maximum atomic E-state index is 12.3. The second-order valence-corrected chi connectivity index (χ2v) is 8.14. The van der Waals surface area contributed by atoms with Crippen LogP contribution in [-0.4, -0.2) is 13.4 Å². The Morgan fingerprint density at radius 2 is 1.95 bits per heavy atom. The molecule has 0 saturated carbocycles. The molecule has 1 heterocycles. The minimum absolute atomic E-state index is 0.123. The molecule has 8 heteroatoms. The van der Waals surface area contributed by atoms with Crippen molar-refractivity contribution in [1.82, 2.24) is 4.98 Å². The van der Waals surface area contributed by atoms with Crippen LogP contribution >= 0.6 is 38.9 Å². The second-order valence-electron chi connectivity index (χ2n) is 4.17. The highest BCUT2D eigenvalue weighted by Crippen LogP contribution is 2.29. The van der Waals surface area contributed by atoms with Gasteiger partial charge in [0.1, 0.15) is 0 Å². The van der Waals surface area contributed by atoms with Crippen LogP contribution in [0.15, 0.2) is 51.8 Å². The van der Waals surface area contributed by atoms with Crippen molar-refractivity contribution in [2.75, 3.05) is 4.72 Å². The number of hydrogen-bond acceptors (Lipinski definition) is 4. The van der Waals surface area contributed by atoms with Gasteiger partial charge in [-0.1, -0.05) is 35.1 Å². The van der Waals surface area contributed by atoms with Gasteiger partial charge in [-0.05, 0) is 46.3 Å². The lowest BCUT2D eigenvalue weighted by molar-refractivity contribution is 0.601. The molecule has 0 unspecified atom stereocenters. The van der Waals surface area contributed by atoms with Crippen molar-refractivity contribution in [3.05, 3.63) is 52.0 Å². The third-order valence-electron chi connectivity index (χ3n) is 2.72. The molecule has 3 rings (SSSR count). The molecule has 1 aromatic heterocycles. The third kappa shape index (κ3) is 3.06. The molecule has 0 fully saturated rings. The van der Waals surface area contributed by atoms with Crippen LogP contribution in [0.1, 0.15) is 0 Å². The van der Waals surface area contributed by atoms with Gasteiger partial charge < -0.3 is 0 Å². The van der Waals surface area contributed by atoms with E-state index in [1.165, 1.54) is 29.5 Å². The standard InChI is InChI=1S/C13H8BrClN2O2S2/c14-9-7-8(5-6-10(9)15)21(18,19)17-13-16-11-3-1-2-4-12(11)20-13/h1-7H,(H,16,17). The highest BCUT2D eigenvalue weighted by molar-refractivity contribution is 9.10. The van der Waals surface area contributed by atoms with Gasteiger partial charge in [-0.2, -0.15) is 0 Å². The molecule has 0 bridgehead atoms. The molecule has 0 radical (unpaired) electrons. The van der Waals surface area contributed by atoms with Crippen molar-refractivity contribution in [2.45, 2.75) is 4.90 Å². The van der Waals surface area contributed by atoms with E-state index in [-0.39, 0.29) is 4.90 Å². The topological polar surface area (TPSA) is 59.1 Å². The monoisotopic (exact) mass is 402 g/mol. The van der Waals surface area contributed by atoms with Crippen molar-refractivity contribution in [3.8, 4) is 0 Å². The number of nitrogens with one attached hydrogen (secondary N) is 1. The Morgan fingerprint density at radius 1 is 1.19 bits per heavy atom. The van der Waals surface area contributed by atoms with Crippen molar-refractivity contribution < 1.29 is 8.42 Å². The molecule has 21 heavy (non-hydrogen) atoms. The summed E-state index contributed by atoms with van der Waals surface area (Å²) in [6.07, 6.45) is 0. The van der Waals surface area contributed by atoms with Crippen molar-refractivity contribution in [1.29, 1.82) is 0 Å². The van der Waals surface area contributed by atoms with Gasteiger partial charge >= 0.3 is 0 Å². The Morgan fingerprint density at radius 3 is 2.67 bits per heavy atom. The quantitative estimate of drug-likeness (QED) is 0.700. The maximum absolute atomic E-state index is 12.3. The Kier molecular flexibility index (Phi) is 3.92. The molecular formula is C13H8BrClN2O2S2. The molecule has 108 valence electrons. The van der Waals surface area contributed by atoms with Crippen LogP contribution in [0.3, 0.4) is 0 Å². The molecule has 0 aliphatic carbocycles. The Hall–Kier alpha value is -1.15. The summed E-state index contributed by atoms with van der Waals surface area (Å²) < 4.78 is 28.6. The fourth-order valence-electron chi connectivity index (χ4n) is 1.73. The summed E-state index contributed by atoms with van der Waals surface area (Å²) in [5, 5.41) is 0.788. The summed E-state index contributed by atoms with van der Waals surface area (Å²) in [7, 11) is -3.69. The molecule has 0 saturated heterocycles. The van der Waals surface area contributed by atoms with E-state index >= 15 is 0 Å². The van der Waals surface area contributed by atoms with Gasteiger partial charge in [0.2, 0.25) is 0 Å². The Labute approximate surface area is 139 Å². The van der Waals surface area contributed by atoms with E-state index in [0.717, 1.165) is 10.2 Å². The van der Waals surface area contributed by atoms with Gasteiger partial charge in [0.05, 0.1) is 20.1 Å². The van der Waals surface area contributed by atoms with E-state index < -0.39 is 10.0 Å². The van der Waals surface area contributed by atoms with Crippen LogP contribution in [0.2, 0.25) is 5.02 Å². The molecule has 0 atom stereocenters. The Balaban J connectivity index is 1.96. The van der Waals surface area contributed by atoms with Gasteiger partial charge in [-0.25, -0.2) is 13.4 Å². The summed E-state index contributed by atoms with van der Waals surface area (Å²) in [6, 6.07) is 11.9. The molecule has 4 nitrogen and oxygen atoms in total. The first-order chi connectivity index (χ1) is 9.95. The van der Waals surface area contributed by atoms with E-state index in [9.17, 15) is 8.42 Å². The van der Waals surface area contributed by atoms with Gasteiger partial charge in [-0.15, -0.1) is 0 Å². The smallest absolute Gasteiger partial charge is 0.255 e. The predicted molar refractivity (Wildman–Crippen MR) is 89.6 cm³/mol. The van der Waals surface area contributed by atoms with Crippen LogP contribution in [0, 0.1) is 0 Å². The fraction of sp³-hybridized carbons (Fsp3) is 0. The number of aromatic nitrogens is 1. The summed E-state index contributed by atoms with van der Waals surface area (Å²) in [6.45, 7) is 0. The molecule has 0 spiro atoms. The van der Waals surface area contributed by atoms with Gasteiger partial charge in [0.15, 0.2) is 5.13 Å². The van der Waals surface area contributed by atoms with Crippen LogP contribution < -0.4 is 4.72 Å². The number of para-hydroxylation sites is 1. The van der Waals surface area contributed by atoms with E-state index in [1.807, 2.05) is 24.3 Å². The first-order valence-electron chi connectivity index (χ1n) is 5.79. The first kappa shape index (κ1) is 14.8. The lowest BCUT2D eigenvalue weighted by Crippen LogP contribution is -2.12. The first-order valence-corrected chi connectivity index (χ1v) is 9.26. The lowest BCUT2D eigenvalue weighted by atomic mass is 10.3. The summed E-state index contributed by atoms with van der Waals surface area (Å²) in [4.78, 5) is 4.38. The highest BCUT2D eigenvalue weighted by atomic mass is 79.9. The molecule has 3 aromatic rings. The minimum Gasteiger partial charge on any atom is -0.255 e. The molecule has 0 aliphatic rings. The second kappa shape index (κ2) is 5.57. The lowest BCUT2D eigenvalue weighted by Gasteiger charge is -2.06. The molecule has 1 N–H and O–H groups in total. The average molecular weight is 404 g/mol. The normalized spacial score (nSPS) is 11.7. The zero-order valence-corrected chi connectivity index (χ0v) is 14.4. The molecule has 2 aromatic carbocycles. The highest BCUT2D eigenvalue weighted by Gasteiger charge is 2.17. The van der Waals surface area contributed by atoms with Crippen molar-refractivity contribution in [2.24, 2.45) is 0 Å². The largest absolute Gasteiger partial charge is 0.263 e. The van der Waals surface area contributed by atoms with E-state index in [4.69, 9.17) is 11.6 Å². The zero-order valence-electron chi connectivity index (χ0n) is 10.4. The van der Waals surface area contributed by atoms with E-state index in [2.05, 4.69) is 25.6 Å². The van der Waals surface area contributed by atoms with Crippen molar-refractivity contribution >= 4 is 64.2 Å². The maximum Gasteiger partial charge on any atom is 0.263 e. The number of nitrogens with zero attached hydrogens (tertiary/aromatic N) is 1. The fourth-order valence-corrected chi connectivity index (χ4v) is 4.51. The number of hydrogen-bond donors (Lipinski definition) is 1. The minimum atomic E-state index is -3.69. The summed E-state index contributed by atoms with van der Waals surface area (Å²) in [5.41, 5.74) is 0.762. The number of fused-ring (bicyclic) bond motifs is 1. The number of thiazole rings is 1. The number of rotatable bonds is 3. The summed E-state index contributed by atoms with van der Waals surface area (Å²) in [5.74, 6) is 0. The van der Waals surface area contributed by atoms with Gasteiger partial charge in [-0.3, -0.25) is 4.72 Å². The van der Waals surface area contributed by atoms with Crippen LogP contribution in [0.5, 0.6) is 0 Å². The van der Waals surface area contributed by atoms with E-state index in [1.54, 1.807) is 0 Å². The summed E-state index contributed by atoms with van der Waals surface area (Å²) >= 11 is 10.4. The SMILES string of the molecule is O=S(=O)(Nc1nc2ccccc2s1)c1ccc(Cl)c(Br)c1. The third-order valence-corrected chi connectivity index (χ3v) is 6.35. The average Bonchev–Trinajstić information content (AvgIpc) is 2.82. The van der Waals surface area contributed by atoms with Crippen molar-refractivity contribution in [3.63, 3.8) is 0 Å². The zero-order chi connectivity index (χ0) is 15.0. The predicted octanol–water partition coefficient (Wildman–Crippen LogP) is 4.51. The molecule has 0 amide bonds. The molecular weight excluding hydrogens is 396 g/mol. The van der Waals surface area contributed by atoms with Crippen LogP contribution in [0.25, 0.3) is 10.2 Å². The number of benzene rings is 2. The number of anilines is 1. The number of halogens is 2. The van der Waals surface area contributed by atoms with Gasteiger partial charge in [0, 0.05) is 4.47 Å².